The molecule has 0 saturated heterocycles. The predicted octanol–water partition coefficient (Wildman–Crippen LogP) is 1.79. The van der Waals surface area contributed by atoms with E-state index in [1.807, 2.05) is 0 Å². The van der Waals surface area contributed by atoms with Gasteiger partial charge in [-0.25, -0.2) is 18.2 Å². The van der Waals surface area contributed by atoms with Crippen LogP contribution in [0.3, 0.4) is 0 Å². The Morgan fingerprint density at radius 1 is 1.00 bits per heavy atom. The van der Waals surface area contributed by atoms with Crippen molar-refractivity contribution in [3.05, 3.63) is 60.3 Å². The second-order valence-electron chi connectivity index (χ2n) is 7.13. The third-order valence-corrected chi connectivity index (χ3v) is 6.68. The molecule has 0 aliphatic heterocycles. The van der Waals surface area contributed by atoms with Crippen molar-refractivity contribution in [1.82, 2.24) is 9.78 Å². The van der Waals surface area contributed by atoms with Crippen LogP contribution in [0.1, 0.15) is 5.69 Å². The van der Waals surface area contributed by atoms with Crippen LogP contribution >= 0.6 is 0 Å². The van der Waals surface area contributed by atoms with Crippen molar-refractivity contribution in [3.8, 4) is 17.3 Å². The fraction of sp³-hybridized carbons (Fsp3) is 0.0500. The number of nitrogens with zero attached hydrogens (tertiary/aromatic N) is 4. The van der Waals surface area contributed by atoms with E-state index >= 15 is 0 Å². The zero-order valence-electron chi connectivity index (χ0n) is 17.6. The summed E-state index contributed by atoms with van der Waals surface area (Å²) in [6, 6.07) is 11.4. The molecule has 4 aromatic rings. The molecular weight excluding hydrogens is 550 g/mol. The molecule has 1 radical (unpaired) electrons. The van der Waals surface area contributed by atoms with Crippen molar-refractivity contribution in [2.45, 2.75) is 16.7 Å². The molecule has 0 fully saturated rings. The van der Waals surface area contributed by atoms with Crippen LogP contribution in [0.25, 0.3) is 16.5 Å². The molecular formula is C20H15CuN5O7S2. The normalized spacial score (nSPS) is 12.2. The average molecular weight is 565 g/mol. The molecule has 12 nitrogen and oxygen atoms in total. The van der Waals surface area contributed by atoms with E-state index in [0.717, 1.165) is 16.8 Å². The number of hydrogen-bond acceptors (Lipinski definition) is 9. The molecule has 15 heteroatoms. The quantitative estimate of drug-likeness (QED) is 0.207. The monoisotopic (exact) mass is 564 g/mol. The molecule has 1 aromatic heterocycles. The summed E-state index contributed by atoms with van der Waals surface area (Å²) in [5.41, 5.74) is 0.0778. The largest absolute Gasteiger partial charge is 2.00 e. The van der Waals surface area contributed by atoms with Gasteiger partial charge < -0.3 is 10.2 Å². The second-order valence-corrected chi connectivity index (χ2v) is 10.1. The summed E-state index contributed by atoms with van der Waals surface area (Å²) in [4.78, 5) is -0.684. The fourth-order valence-corrected chi connectivity index (χ4v) is 4.56. The molecule has 0 atom stereocenters. The van der Waals surface area contributed by atoms with Crippen molar-refractivity contribution in [1.29, 1.82) is 0 Å². The number of rotatable bonds is 5. The van der Waals surface area contributed by atoms with E-state index in [0.29, 0.717) is 0 Å². The molecule has 3 N–H and O–H groups in total. The van der Waals surface area contributed by atoms with Crippen LogP contribution in [0, 0.1) is 6.92 Å². The van der Waals surface area contributed by atoms with Gasteiger partial charge in [-0.15, -0.1) is 10.2 Å². The van der Waals surface area contributed by atoms with E-state index in [2.05, 4.69) is 15.3 Å². The van der Waals surface area contributed by atoms with E-state index in [1.165, 1.54) is 49.4 Å². The van der Waals surface area contributed by atoms with Crippen molar-refractivity contribution >= 4 is 42.3 Å². The Balaban J connectivity index is 0.00000342. The van der Waals surface area contributed by atoms with Gasteiger partial charge in [0.15, 0.2) is 0 Å². The number of primary sulfonamides is 1. The summed E-state index contributed by atoms with van der Waals surface area (Å²) in [6.07, 6.45) is 0. The molecule has 0 amide bonds. The van der Waals surface area contributed by atoms with Crippen LogP contribution < -0.4 is 15.4 Å². The zero-order chi connectivity index (χ0) is 24.8. The SMILES string of the molecule is Cc1nn(-c2cccc(S(N)(=O)=O)c2)c([O-])c1N=Nc1cccc2c(S(=O)(=O)O)ccc([O-])c12.[Cu+2]. The predicted molar refractivity (Wildman–Crippen MR) is 117 cm³/mol. The van der Waals surface area contributed by atoms with Gasteiger partial charge in [0, 0.05) is 16.7 Å². The van der Waals surface area contributed by atoms with Crippen LogP contribution in [0.2, 0.25) is 0 Å². The van der Waals surface area contributed by atoms with Gasteiger partial charge in [-0.3, -0.25) is 4.55 Å². The van der Waals surface area contributed by atoms with Gasteiger partial charge in [-0.1, -0.05) is 30.0 Å². The molecule has 1 heterocycles. The summed E-state index contributed by atoms with van der Waals surface area (Å²) in [6.45, 7) is 1.48. The second kappa shape index (κ2) is 9.37. The maximum Gasteiger partial charge on any atom is 2.00 e. The van der Waals surface area contributed by atoms with Gasteiger partial charge in [-0.2, -0.15) is 13.5 Å². The van der Waals surface area contributed by atoms with E-state index in [4.69, 9.17) is 5.14 Å². The summed E-state index contributed by atoms with van der Waals surface area (Å²) >= 11 is 0. The van der Waals surface area contributed by atoms with Gasteiger partial charge in [0.25, 0.3) is 10.1 Å². The number of sulfonamides is 1. The molecule has 35 heavy (non-hydrogen) atoms. The fourth-order valence-electron chi connectivity index (χ4n) is 3.32. The minimum atomic E-state index is -4.61. The van der Waals surface area contributed by atoms with Gasteiger partial charge in [0.2, 0.25) is 10.0 Å². The van der Waals surface area contributed by atoms with Crippen molar-refractivity contribution in [3.63, 3.8) is 0 Å². The van der Waals surface area contributed by atoms with Gasteiger partial charge in [0.05, 0.1) is 22.0 Å². The molecule has 0 spiro atoms. The summed E-state index contributed by atoms with van der Waals surface area (Å²) in [5, 5.41) is 42.2. The molecule has 4 rings (SSSR count). The van der Waals surface area contributed by atoms with E-state index in [9.17, 15) is 31.6 Å². The Morgan fingerprint density at radius 3 is 2.34 bits per heavy atom. The molecule has 0 aliphatic carbocycles. The number of aromatic nitrogens is 2. The van der Waals surface area contributed by atoms with E-state index < -0.39 is 36.7 Å². The molecule has 0 saturated carbocycles. The van der Waals surface area contributed by atoms with Crippen molar-refractivity contribution in [2.24, 2.45) is 15.4 Å². The average Bonchev–Trinajstić information content (AvgIpc) is 3.04. The number of hydrogen-bond donors (Lipinski definition) is 2. The third kappa shape index (κ3) is 5.05. The third-order valence-electron chi connectivity index (χ3n) is 4.85. The smallest absolute Gasteiger partial charge is 0.872 e. The summed E-state index contributed by atoms with van der Waals surface area (Å²) in [7, 11) is -8.62. The van der Waals surface area contributed by atoms with Crippen LogP contribution in [-0.4, -0.2) is 31.2 Å². The minimum Gasteiger partial charge on any atom is -0.872 e. The summed E-state index contributed by atoms with van der Waals surface area (Å²) in [5.74, 6) is -1.28. The number of benzene rings is 3. The Bertz CT molecular complexity index is 1700. The number of aryl methyl sites for hydroxylation is 1. The maximum atomic E-state index is 12.9. The van der Waals surface area contributed by atoms with Crippen LogP contribution in [0.5, 0.6) is 11.6 Å². The molecule has 3 aromatic carbocycles. The Morgan fingerprint density at radius 2 is 1.69 bits per heavy atom. The number of azo groups is 1. The minimum absolute atomic E-state index is 0. The van der Waals surface area contributed by atoms with Gasteiger partial charge in [0.1, 0.15) is 10.6 Å². The van der Waals surface area contributed by atoms with E-state index in [-0.39, 0.29) is 55.5 Å². The molecule has 0 bridgehead atoms. The Labute approximate surface area is 210 Å². The van der Waals surface area contributed by atoms with Crippen LogP contribution in [0.15, 0.2) is 74.6 Å². The topological polar surface area (TPSA) is 203 Å². The Hall–Kier alpha value is -3.33. The molecule has 0 aliphatic rings. The Kier molecular flexibility index (Phi) is 7.04. The van der Waals surface area contributed by atoms with Crippen molar-refractivity contribution < 1.29 is 48.7 Å². The first-order valence-corrected chi connectivity index (χ1v) is 12.4. The van der Waals surface area contributed by atoms with E-state index in [1.54, 1.807) is 0 Å². The first kappa shape index (κ1) is 26.3. The van der Waals surface area contributed by atoms with Gasteiger partial charge in [-0.05, 0) is 37.3 Å². The maximum absolute atomic E-state index is 12.9. The zero-order valence-corrected chi connectivity index (χ0v) is 20.2. The standard InChI is InChI=1S/C20H17N5O7S2.Cu/c1-11-19(20(27)25(24-11)12-4-2-5-13(10-12)33(21,28)29)23-22-15-7-3-6-14-17(34(30,31)32)9-8-16(26)18(14)15;/h2-10,26-27H,1H3,(H2,21,28,29)(H,30,31,32);/q;+2/p-2. The van der Waals surface area contributed by atoms with Crippen LogP contribution in [0.4, 0.5) is 11.4 Å². The summed E-state index contributed by atoms with van der Waals surface area (Å²) < 4.78 is 56.9. The molecule has 185 valence electrons. The van der Waals surface area contributed by atoms with Gasteiger partial charge >= 0.3 is 17.1 Å². The van der Waals surface area contributed by atoms with Crippen molar-refractivity contribution in [2.75, 3.05) is 0 Å². The number of fused-ring (bicyclic) bond motifs is 1. The van der Waals surface area contributed by atoms with Crippen LogP contribution in [-0.2, 0) is 37.2 Å². The first-order valence-electron chi connectivity index (χ1n) is 9.40. The number of nitrogens with two attached hydrogens (primary N) is 1. The first-order chi connectivity index (χ1) is 15.9. The molecule has 0 unspecified atom stereocenters.